The van der Waals surface area contributed by atoms with Crippen LogP contribution in [0.1, 0.15) is 6.92 Å². The van der Waals surface area contributed by atoms with Crippen LogP contribution in [0.4, 0.5) is 0 Å². The summed E-state index contributed by atoms with van der Waals surface area (Å²) < 4.78 is 0. The van der Waals surface area contributed by atoms with E-state index in [1.54, 1.807) is 0 Å². The van der Waals surface area contributed by atoms with Crippen molar-refractivity contribution >= 4 is 11.9 Å². The molecule has 0 atom stereocenters. The summed E-state index contributed by atoms with van der Waals surface area (Å²) in [5, 5.41) is 20.6. The number of hydrogen-bond acceptors (Lipinski definition) is 4. The lowest BCUT2D eigenvalue weighted by molar-refractivity contribution is -0.134. The number of hydrogen-bond donors (Lipinski definition) is 5. The summed E-state index contributed by atoms with van der Waals surface area (Å²) >= 11 is 0. The van der Waals surface area contributed by atoms with Crippen LogP contribution in [0.25, 0.3) is 0 Å². The summed E-state index contributed by atoms with van der Waals surface area (Å²) in [7, 11) is 0. The summed E-state index contributed by atoms with van der Waals surface area (Å²) in [6, 6.07) is 0. The SMILES string of the molecule is CC(=O)O.N#CN.N=C(N)N. The maximum Gasteiger partial charge on any atom is 0.300 e. The Morgan fingerprint density at radius 2 is 1.64 bits per heavy atom. The van der Waals surface area contributed by atoms with Gasteiger partial charge in [-0.05, 0) is 0 Å². The van der Waals surface area contributed by atoms with Gasteiger partial charge in [0.25, 0.3) is 5.97 Å². The zero-order chi connectivity index (χ0) is 9.86. The van der Waals surface area contributed by atoms with Gasteiger partial charge < -0.3 is 22.3 Å². The van der Waals surface area contributed by atoms with Gasteiger partial charge >= 0.3 is 0 Å². The van der Waals surface area contributed by atoms with Crippen LogP contribution in [-0.2, 0) is 4.79 Å². The molecule has 11 heavy (non-hydrogen) atoms. The molecule has 0 amide bonds. The van der Waals surface area contributed by atoms with Gasteiger partial charge in [0.1, 0.15) is 0 Å². The maximum atomic E-state index is 9.00. The molecule has 0 aromatic heterocycles. The molecule has 0 aliphatic heterocycles. The summed E-state index contributed by atoms with van der Waals surface area (Å²) in [5.41, 5.74) is 13.1. The number of nitrogens with two attached hydrogens (primary N) is 3. The molecule has 64 valence electrons. The highest BCUT2D eigenvalue weighted by Crippen LogP contribution is 1.42. The molecule has 0 aliphatic carbocycles. The number of carboxylic acids is 1. The van der Waals surface area contributed by atoms with Crippen molar-refractivity contribution in [3.05, 3.63) is 0 Å². The van der Waals surface area contributed by atoms with Crippen LogP contribution in [0, 0.1) is 16.9 Å². The predicted molar refractivity (Wildman–Crippen MR) is 39.2 cm³/mol. The Morgan fingerprint density at radius 1 is 1.64 bits per heavy atom. The lowest BCUT2D eigenvalue weighted by Crippen LogP contribution is -2.20. The number of carbonyl (C=O) groups is 1. The van der Waals surface area contributed by atoms with E-state index in [-0.39, 0.29) is 5.96 Å². The molecular formula is C4H11N5O2. The maximum absolute atomic E-state index is 9.00. The van der Waals surface area contributed by atoms with Crippen molar-refractivity contribution in [2.24, 2.45) is 17.2 Å². The molecule has 0 radical (unpaired) electrons. The van der Waals surface area contributed by atoms with Crippen molar-refractivity contribution in [2.45, 2.75) is 6.92 Å². The van der Waals surface area contributed by atoms with Crippen LogP contribution in [0.2, 0.25) is 0 Å². The molecular weight excluding hydrogens is 150 g/mol. The minimum absolute atomic E-state index is 0.333. The van der Waals surface area contributed by atoms with Crippen LogP contribution >= 0.6 is 0 Å². The highest BCUT2D eigenvalue weighted by Gasteiger charge is 1.65. The standard InChI is InChI=1S/C2H4O2.CH5N3.CH2N2/c1-2(3)4;2-1(3)4;2-1-3/h1H3,(H,3,4);(H5,2,3,4);2H2. The van der Waals surface area contributed by atoms with Crippen molar-refractivity contribution < 1.29 is 9.90 Å². The molecule has 8 N–H and O–H groups in total. The van der Waals surface area contributed by atoms with Gasteiger partial charge in [0.05, 0.1) is 0 Å². The molecule has 0 fully saturated rings. The monoisotopic (exact) mass is 161 g/mol. The molecule has 0 bridgehead atoms. The predicted octanol–water partition coefficient (Wildman–Crippen LogP) is -1.64. The summed E-state index contributed by atoms with van der Waals surface area (Å²) in [6.07, 6.45) is 1.25. The molecule has 0 aromatic rings. The Balaban J connectivity index is -0.0000000886. The van der Waals surface area contributed by atoms with Gasteiger partial charge in [0, 0.05) is 6.92 Å². The van der Waals surface area contributed by atoms with Gasteiger partial charge in [-0.15, -0.1) is 0 Å². The first kappa shape index (κ1) is 16.0. The van der Waals surface area contributed by atoms with Gasteiger partial charge in [-0.25, -0.2) is 0 Å². The third-order valence-corrected chi connectivity index (χ3v) is 0. The van der Waals surface area contributed by atoms with E-state index < -0.39 is 5.97 Å². The molecule has 0 spiro atoms. The van der Waals surface area contributed by atoms with Crippen molar-refractivity contribution in [2.75, 3.05) is 0 Å². The first-order valence-electron chi connectivity index (χ1n) is 2.27. The minimum Gasteiger partial charge on any atom is -0.481 e. The summed E-state index contributed by atoms with van der Waals surface area (Å²) in [5.74, 6) is -1.17. The Morgan fingerprint density at radius 3 is 1.64 bits per heavy atom. The Hall–Kier alpha value is -1.97. The number of nitrogens with one attached hydrogen (secondary N) is 1. The topological polar surface area (TPSA) is 163 Å². The van der Waals surface area contributed by atoms with E-state index in [0.717, 1.165) is 6.92 Å². The molecule has 0 aromatic carbocycles. The van der Waals surface area contributed by atoms with Crippen LogP contribution in [-0.4, -0.2) is 17.0 Å². The van der Waals surface area contributed by atoms with E-state index in [2.05, 4.69) is 17.2 Å². The average Bonchev–Trinajstić information content (AvgIpc) is 1.60. The molecule has 7 nitrogen and oxygen atoms in total. The fraction of sp³-hybridized carbons (Fsp3) is 0.250. The van der Waals surface area contributed by atoms with E-state index in [9.17, 15) is 0 Å². The molecule has 0 saturated heterocycles. The van der Waals surface area contributed by atoms with Crippen LogP contribution in [0.15, 0.2) is 0 Å². The number of nitrogens with zero attached hydrogens (tertiary/aromatic N) is 1. The number of carboxylic acid groups (broad SMARTS) is 1. The van der Waals surface area contributed by atoms with Crippen molar-refractivity contribution in [3.63, 3.8) is 0 Å². The van der Waals surface area contributed by atoms with E-state index in [1.165, 1.54) is 6.19 Å². The van der Waals surface area contributed by atoms with Gasteiger partial charge in [0.2, 0.25) is 0 Å². The fourth-order valence-corrected chi connectivity index (χ4v) is 0. The first-order chi connectivity index (χ1) is 4.88. The van der Waals surface area contributed by atoms with Gasteiger partial charge in [-0.1, -0.05) is 0 Å². The molecule has 7 heteroatoms. The van der Waals surface area contributed by atoms with Crippen LogP contribution in [0.3, 0.4) is 0 Å². The van der Waals surface area contributed by atoms with E-state index in [0.29, 0.717) is 0 Å². The second kappa shape index (κ2) is 15.7. The summed E-state index contributed by atoms with van der Waals surface area (Å²) in [4.78, 5) is 9.00. The van der Waals surface area contributed by atoms with Crippen molar-refractivity contribution in [1.82, 2.24) is 0 Å². The van der Waals surface area contributed by atoms with Gasteiger partial charge in [0.15, 0.2) is 12.2 Å². The van der Waals surface area contributed by atoms with E-state index in [1.807, 2.05) is 0 Å². The van der Waals surface area contributed by atoms with Gasteiger partial charge in [-0.3, -0.25) is 10.2 Å². The molecule has 0 aliphatic rings. The van der Waals surface area contributed by atoms with Crippen molar-refractivity contribution in [3.8, 4) is 6.19 Å². The molecule has 0 heterocycles. The van der Waals surface area contributed by atoms with Crippen LogP contribution in [0.5, 0.6) is 0 Å². The molecule has 0 saturated carbocycles. The van der Waals surface area contributed by atoms with Crippen molar-refractivity contribution in [1.29, 1.82) is 10.7 Å². The smallest absolute Gasteiger partial charge is 0.300 e. The lowest BCUT2D eigenvalue weighted by atomic mass is 10.9. The molecule has 0 rings (SSSR count). The minimum atomic E-state index is -0.833. The average molecular weight is 161 g/mol. The number of guanidine groups is 1. The Kier molecular flexibility index (Phi) is 22.8. The van der Waals surface area contributed by atoms with E-state index >= 15 is 0 Å². The highest BCUT2D eigenvalue weighted by molar-refractivity contribution is 5.71. The van der Waals surface area contributed by atoms with Crippen LogP contribution < -0.4 is 17.2 Å². The largest absolute Gasteiger partial charge is 0.481 e. The quantitative estimate of drug-likeness (QED) is 0.124. The number of nitriles is 1. The number of aliphatic carboxylic acids is 1. The van der Waals surface area contributed by atoms with E-state index in [4.69, 9.17) is 20.6 Å². The normalized spacial score (nSPS) is 5.09. The highest BCUT2D eigenvalue weighted by atomic mass is 16.4. The lowest BCUT2D eigenvalue weighted by Gasteiger charge is -1.69. The van der Waals surface area contributed by atoms with Gasteiger partial charge in [-0.2, -0.15) is 5.26 Å². The third-order valence-electron chi connectivity index (χ3n) is 0. The Bertz CT molecular complexity index is 129. The summed E-state index contributed by atoms with van der Waals surface area (Å²) in [6.45, 7) is 1.08. The second-order valence-electron chi connectivity index (χ2n) is 1.10. The Labute approximate surface area is 63.9 Å². The zero-order valence-corrected chi connectivity index (χ0v) is 6.03. The third kappa shape index (κ3) is 75.2. The molecule has 0 unspecified atom stereocenters. The second-order valence-corrected chi connectivity index (χ2v) is 1.10. The first-order valence-corrected chi connectivity index (χ1v) is 2.27. The number of rotatable bonds is 0. The fourth-order valence-electron chi connectivity index (χ4n) is 0. The zero-order valence-electron chi connectivity index (χ0n) is 6.03.